The molecule has 2 aromatic carbocycles. The van der Waals surface area contributed by atoms with Gasteiger partial charge in [0.1, 0.15) is 28.3 Å². The lowest BCUT2D eigenvalue weighted by molar-refractivity contribution is -0.143. The molecule has 2 heterocycles. The fourth-order valence-corrected chi connectivity index (χ4v) is 5.42. The molecule has 0 radical (unpaired) electrons. The smallest absolute Gasteiger partial charge is 0.323 e. The number of hydrogen-bond donors (Lipinski definition) is 2. The summed E-state index contributed by atoms with van der Waals surface area (Å²) in [6.07, 6.45) is 1.38. The number of unbranched alkanes of at least 4 members (excludes halogenated alkanes) is 1. The van der Waals surface area contributed by atoms with E-state index in [1.54, 1.807) is 21.1 Å². The number of carbonyl (C=O) groups excluding carboxylic acids is 2. The van der Waals surface area contributed by atoms with Gasteiger partial charge in [-0.1, -0.05) is 23.9 Å². The number of carbonyl (C=O) groups is 2. The number of imidazole rings is 1. The maximum absolute atomic E-state index is 13.0. The molecule has 2 aromatic heterocycles. The molecule has 0 aliphatic rings. The Morgan fingerprint density at radius 2 is 1.56 bits per heavy atom. The third-order valence-electron chi connectivity index (χ3n) is 6.66. The number of hydrogen-bond acceptors (Lipinski definition) is 9. The zero-order chi connectivity index (χ0) is 30.8. The van der Waals surface area contributed by atoms with Crippen LogP contribution in [-0.4, -0.2) is 47.5 Å². The molecule has 4 rings (SSSR count). The van der Waals surface area contributed by atoms with Crippen LogP contribution in [0.5, 0.6) is 11.5 Å². The first-order valence-electron chi connectivity index (χ1n) is 13.7. The second-order valence-corrected chi connectivity index (χ2v) is 10.4. The van der Waals surface area contributed by atoms with Crippen molar-refractivity contribution in [1.29, 1.82) is 5.26 Å². The molecule has 0 aliphatic carbocycles. The van der Waals surface area contributed by atoms with Crippen LogP contribution in [-0.2, 0) is 15.3 Å². The average molecular weight is 601 g/mol. The number of pyridine rings is 1. The third kappa shape index (κ3) is 7.93. The number of rotatable bonds is 14. The summed E-state index contributed by atoms with van der Waals surface area (Å²) in [4.78, 5) is 46.9. The molecule has 10 nitrogen and oxygen atoms in total. The number of aromatic amines is 2. The minimum Gasteiger partial charge on any atom is -0.497 e. The van der Waals surface area contributed by atoms with Crippen LogP contribution in [0.4, 0.5) is 0 Å². The molecule has 0 aliphatic heterocycles. The van der Waals surface area contributed by atoms with Crippen LogP contribution in [0.15, 0.2) is 64.4 Å². The Hall–Kier alpha value is -4.82. The van der Waals surface area contributed by atoms with Gasteiger partial charge in [0.2, 0.25) is 0 Å². The van der Waals surface area contributed by atoms with E-state index >= 15 is 0 Å². The highest BCUT2D eigenvalue weighted by molar-refractivity contribution is 7.98. The van der Waals surface area contributed by atoms with E-state index in [1.165, 1.54) is 11.8 Å². The van der Waals surface area contributed by atoms with Crippen LogP contribution < -0.4 is 15.2 Å². The SMILES string of the molecule is CCOC(=O)CCCCC(=O)c1[nH]c(=O)[nH]c1CSc1nc(-c2ccc(OC)cc2)cc(-c2ccc(OC)cc2)c1C#N. The summed E-state index contributed by atoms with van der Waals surface area (Å²) >= 11 is 1.25. The first-order chi connectivity index (χ1) is 20.9. The number of esters is 1. The molecule has 0 amide bonds. The molecule has 0 atom stereocenters. The molecular formula is C32H32N4O6S. The van der Waals surface area contributed by atoms with E-state index in [4.69, 9.17) is 19.2 Å². The summed E-state index contributed by atoms with van der Waals surface area (Å²) in [6.45, 7) is 2.06. The quantitative estimate of drug-likeness (QED) is 0.0779. The van der Waals surface area contributed by atoms with Crippen molar-refractivity contribution >= 4 is 23.5 Å². The summed E-state index contributed by atoms with van der Waals surface area (Å²) in [6, 6.07) is 19.0. The molecule has 0 saturated carbocycles. The topological polar surface area (TPSA) is 147 Å². The van der Waals surface area contributed by atoms with Crippen molar-refractivity contribution in [3.8, 4) is 40.0 Å². The van der Waals surface area contributed by atoms with Gasteiger partial charge in [0.25, 0.3) is 0 Å². The van der Waals surface area contributed by atoms with Gasteiger partial charge in [0.05, 0.1) is 37.8 Å². The standard InChI is InChI=1S/C32H32N4O6S/c1-4-42-29(38)8-6-5-7-28(37)30-27(35-32(39)36-30)19-43-31-25(18-33)24(20-9-13-22(40-2)14-10-20)17-26(34-31)21-11-15-23(41-3)16-12-21/h9-17H,4-8,19H2,1-3H3,(H2,35,36,39). The summed E-state index contributed by atoms with van der Waals surface area (Å²) in [5, 5.41) is 10.7. The monoisotopic (exact) mass is 600 g/mol. The fourth-order valence-electron chi connectivity index (χ4n) is 4.46. The van der Waals surface area contributed by atoms with Crippen molar-refractivity contribution in [3.63, 3.8) is 0 Å². The number of Topliss-reactive ketones (excluding diaryl/α,β-unsaturated/α-hetero) is 1. The maximum Gasteiger partial charge on any atom is 0.323 e. The second-order valence-electron chi connectivity index (χ2n) is 9.46. The summed E-state index contributed by atoms with van der Waals surface area (Å²) in [5.41, 5.74) is 3.46. The van der Waals surface area contributed by atoms with Gasteiger partial charge in [-0.05, 0) is 67.8 Å². The number of benzene rings is 2. The highest BCUT2D eigenvalue weighted by Gasteiger charge is 2.20. The highest BCUT2D eigenvalue weighted by Crippen LogP contribution is 2.36. The van der Waals surface area contributed by atoms with Gasteiger partial charge in [0.15, 0.2) is 5.78 Å². The number of thioether (sulfide) groups is 1. The predicted molar refractivity (Wildman–Crippen MR) is 163 cm³/mol. The number of ketones is 1. The van der Waals surface area contributed by atoms with Crippen LogP contribution in [0, 0.1) is 11.3 Å². The second kappa shape index (κ2) is 14.9. The molecule has 0 bridgehead atoms. The maximum atomic E-state index is 13.0. The van der Waals surface area contributed by atoms with E-state index in [2.05, 4.69) is 16.0 Å². The van der Waals surface area contributed by atoms with Gasteiger partial charge >= 0.3 is 11.7 Å². The molecule has 11 heteroatoms. The number of ether oxygens (including phenoxy) is 3. The number of nitriles is 1. The van der Waals surface area contributed by atoms with E-state index in [1.807, 2.05) is 54.6 Å². The van der Waals surface area contributed by atoms with Crippen molar-refractivity contribution in [3.05, 3.63) is 82.0 Å². The highest BCUT2D eigenvalue weighted by atomic mass is 32.2. The minimum atomic E-state index is -0.496. The zero-order valence-corrected chi connectivity index (χ0v) is 25.0. The molecule has 0 fully saturated rings. The number of aromatic nitrogens is 3. The Morgan fingerprint density at radius 1 is 0.930 bits per heavy atom. The number of nitrogens with zero attached hydrogens (tertiary/aromatic N) is 2. The van der Waals surface area contributed by atoms with Gasteiger partial charge < -0.3 is 24.2 Å². The van der Waals surface area contributed by atoms with E-state index < -0.39 is 5.69 Å². The number of H-pyrrole nitrogens is 2. The van der Waals surface area contributed by atoms with Gasteiger partial charge in [-0.2, -0.15) is 5.26 Å². The van der Waals surface area contributed by atoms with E-state index in [0.717, 1.165) is 11.1 Å². The van der Waals surface area contributed by atoms with Crippen LogP contribution in [0.25, 0.3) is 22.4 Å². The Kier molecular flexibility index (Phi) is 10.8. The van der Waals surface area contributed by atoms with Crippen molar-refractivity contribution in [2.45, 2.75) is 43.4 Å². The molecule has 0 spiro atoms. The molecular weight excluding hydrogens is 568 g/mol. The Bertz CT molecular complexity index is 1670. The Morgan fingerprint density at radius 3 is 2.16 bits per heavy atom. The van der Waals surface area contributed by atoms with E-state index in [9.17, 15) is 19.6 Å². The van der Waals surface area contributed by atoms with Gasteiger partial charge in [0, 0.05) is 29.7 Å². The fraction of sp³-hybridized carbons (Fsp3) is 0.281. The van der Waals surface area contributed by atoms with Gasteiger partial charge in [-0.15, -0.1) is 0 Å². The molecule has 222 valence electrons. The van der Waals surface area contributed by atoms with Crippen LogP contribution in [0.2, 0.25) is 0 Å². The number of nitrogens with one attached hydrogen (secondary N) is 2. The van der Waals surface area contributed by atoms with Gasteiger partial charge in [-0.25, -0.2) is 9.78 Å². The molecule has 43 heavy (non-hydrogen) atoms. The van der Waals surface area contributed by atoms with E-state index in [0.29, 0.717) is 58.5 Å². The van der Waals surface area contributed by atoms with Crippen LogP contribution in [0.3, 0.4) is 0 Å². The predicted octanol–water partition coefficient (Wildman–Crippen LogP) is 5.92. The molecule has 4 aromatic rings. The van der Waals surface area contributed by atoms with Crippen molar-refractivity contribution in [2.75, 3.05) is 20.8 Å². The average Bonchev–Trinajstić information content (AvgIpc) is 3.42. The Balaban J connectivity index is 1.62. The largest absolute Gasteiger partial charge is 0.497 e. The normalized spacial score (nSPS) is 10.7. The molecule has 0 saturated heterocycles. The first kappa shape index (κ1) is 31.1. The number of methoxy groups -OCH3 is 2. The molecule has 0 unspecified atom stereocenters. The summed E-state index contributed by atoms with van der Waals surface area (Å²) in [5.74, 6) is 1.05. The minimum absolute atomic E-state index is 0.168. The van der Waals surface area contributed by atoms with Gasteiger partial charge in [-0.3, -0.25) is 9.59 Å². The first-order valence-corrected chi connectivity index (χ1v) is 14.7. The summed E-state index contributed by atoms with van der Waals surface area (Å²) < 4.78 is 15.5. The van der Waals surface area contributed by atoms with Crippen molar-refractivity contribution in [2.24, 2.45) is 0 Å². The van der Waals surface area contributed by atoms with Crippen molar-refractivity contribution < 1.29 is 23.8 Å². The lowest BCUT2D eigenvalue weighted by atomic mass is 9.99. The van der Waals surface area contributed by atoms with Crippen molar-refractivity contribution in [1.82, 2.24) is 15.0 Å². The lowest BCUT2D eigenvalue weighted by Crippen LogP contribution is -2.07. The van der Waals surface area contributed by atoms with Crippen LogP contribution >= 0.6 is 11.8 Å². The Labute approximate surface area is 253 Å². The zero-order valence-electron chi connectivity index (χ0n) is 24.2. The summed E-state index contributed by atoms with van der Waals surface area (Å²) in [7, 11) is 3.19. The third-order valence-corrected chi connectivity index (χ3v) is 7.66. The van der Waals surface area contributed by atoms with E-state index in [-0.39, 0.29) is 36.0 Å². The lowest BCUT2D eigenvalue weighted by Gasteiger charge is -2.13. The van der Waals surface area contributed by atoms with Crippen LogP contribution in [0.1, 0.15) is 54.4 Å². The molecule has 2 N–H and O–H groups in total.